The van der Waals surface area contributed by atoms with Crippen LogP contribution >= 0.6 is 0 Å². The fraction of sp³-hybridized carbons (Fsp3) is 0.308. The number of benzene rings is 3. The van der Waals surface area contributed by atoms with Crippen molar-refractivity contribution in [3.05, 3.63) is 108 Å². The minimum atomic E-state index is 0.186. The first-order chi connectivity index (χ1) is 12.6. The summed E-state index contributed by atoms with van der Waals surface area (Å²) < 4.78 is 0. The van der Waals surface area contributed by atoms with Crippen molar-refractivity contribution < 1.29 is 0 Å². The molecule has 0 spiro atoms. The molecule has 0 aliphatic rings. The van der Waals surface area contributed by atoms with Gasteiger partial charge in [-0.2, -0.15) is 0 Å². The van der Waals surface area contributed by atoms with Gasteiger partial charge in [0, 0.05) is 0 Å². The second-order valence-electron chi connectivity index (χ2n) is 8.16. The van der Waals surface area contributed by atoms with Crippen LogP contribution in [-0.2, 0) is 6.42 Å². The van der Waals surface area contributed by atoms with Gasteiger partial charge in [0.15, 0.2) is 0 Å². The molecule has 0 bridgehead atoms. The molecule has 0 N–H and O–H groups in total. The molecule has 0 nitrogen and oxygen atoms in total. The Bertz CT molecular complexity index is 772. The van der Waals surface area contributed by atoms with Gasteiger partial charge in [-0.3, -0.25) is 0 Å². The predicted octanol–water partition coefficient (Wildman–Crippen LogP) is 7.23. The van der Waals surface area contributed by atoms with Gasteiger partial charge in [-0.1, -0.05) is 112 Å². The summed E-state index contributed by atoms with van der Waals surface area (Å²) in [5.41, 5.74) is 4.50. The van der Waals surface area contributed by atoms with E-state index in [0.717, 1.165) is 12.8 Å². The fourth-order valence-electron chi connectivity index (χ4n) is 4.11. The lowest BCUT2D eigenvalue weighted by atomic mass is 9.67. The van der Waals surface area contributed by atoms with Gasteiger partial charge < -0.3 is 0 Å². The van der Waals surface area contributed by atoms with E-state index in [9.17, 15) is 0 Å². The summed E-state index contributed by atoms with van der Waals surface area (Å²) >= 11 is 0. The molecule has 26 heavy (non-hydrogen) atoms. The van der Waals surface area contributed by atoms with Crippen LogP contribution in [0.25, 0.3) is 0 Å². The molecular formula is C26H30. The smallest absolute Gasteiger partial charge is 0.0102 e. The van der Waals surface area contributed by atoms with E-state index in [-0.39, 0.29) is 5.41 Å². The van der Waals surface area contributed by atoms with Crippen molar-refractivity contribution in [2.24, 2.45) is 5.41 Å². The Morgan fingerprint density at radius 1 is 0.654 bits per heavy atom. The van der Waals surface area contributed by atoms with E-state index in [2.05, 4.69) is 112 Å². The van der Waals surface area contributed by atoms with E-state index < -0.39 is 0 Å². The summed E-state index contributed by atoms with van der Waals surface area (Å²) in [6.45, 7) is 7.22. The summed E-state index contributed by atoms with van der Waals surface area (Å²) in [6.07, 6.45) is 2.25. The van der Waals surface area contributed by atoms with Crippen LogP contribution in [0.5, 0.6) is 0 Å². The van der Waals surface area contributed by atoms with Crippen molar-refractivity contribution in [2.45, 2.75) is 45.4 Å². The van der Waals surface area contributed by atoms with Crippen molar-refractivity contribution in [3.63, 3.8) is 0 Å². The van der Waals surface area contributed by atoms with Crippen molar-refractivity contribution in [2.75, 3.05) is 0 Å². The van der Waals surface area contributed by atoms with Crippen molar-refractivity contribution >= 4 is 0 Å². The monoisotopic (exact) mass is 342 g/mol. The molecule has 0 fully saturated rings. The van der Waals surface area contributed by atoms with E-state index in [1.807, 2.05) is 0 Å². The lowest BCUT2D eigenvalue weighted by Gasteiger charge is -2.37. The zero-order valence-electron chi connectivity index (χ0n) is 16.2. The van der Waals surface area contributed by atoms with Gasteiger partial charge in [0.05, 0.1) is 0 Å². The molecule has 0 saturated heterocycles. The summed E-state index contributed by atoms with van der Waals surface area (Å²) in [5, 5.41) is 0. The Labute approximate surface area is 158 Å². The third-order valence-electron chi connectivity index (χ3n) is 5.61. The largest absolute Gasteiger partial charge is 0.0622 e. The van der Waals surface area contributed by atoms with Crippen LogP contribution in [0.15, 0.2) is 91.0 Å². The molecule has 2 atom stereocenters. The fourth-order valence-corrected chi connectivity index (χ4v) is 4.11. The first kappa shape index (κ1) is 18.5. The van der Waals surface area contributed by atoms with Crippen LogP contribution in [0.4, 0.5) is 0 Å². The molecule has 3 rings (SSSR count). The molecule has 0 aromatic heterocycles. The van der Waals surface area contributed by atoms with Crippen LogP contribution in [0.1, 0.15) is 55.7 Å². The molecular weight excluding hydrogens is 312 g/mol. The molecule has 0 radical (unpaired) electrons. The minimum absolute atomic E-state index is 0.186. The second-order valence-corrected chi connectivity index (χ2v) is 8.16. The number of hydrogen-bond acceptors (Lipinski definition) is 0. The molecule has 0 aliphatic carbocycles. The third kappa shape index (κ3) is 4.64. The zero-order valence-corrected chi connectivity index (χ0v) is 16.2. The van der Waals surface area contributed by atoms with E-state index in [0.29, 0.717) is 11.8 Å². The Morgan fingerprint density at radius 2 is 1.12 bits per heavy atom. The second kappa shape index (κ2) is 8.36. The molecule has 134 valence electrons. The first-order valence-corrected chi connectivity index (χ1v) is 9.70. The Hall–Kier alpha value is -2.34. The Morgan fingerprint density at radius 3 is 1.65 bits per heavy atom. The van der Waals surface area contributed by atoms with Gasteiger partial charge in [-0.25, -0.2) is 0 Å². The molecule has 0 heterocycles. The maximum absolute atomic E-state index is 2.43. The Balaban J connectivity index is 1.88. The number of hydrogen-bond donors (Lipinski definition) is 0. The van der Waals surface area contributed by atoms with Gasteiger partial charge in [0.25, 0.3) is 0 Å². The Kier molecular flexibility index (Phi) is 5.93. The van der Waals surface area contributed by atoms with Gasteiger partial charge in [-0.15, -0.1) is 0 Å². The van der Waals surface area contributed by atoms with Gasteiger partial charge in [0.1, 0.15) is 0 Å². The van der Waals surface area contributed by atoms with Gasteiger partial charge in [0.2, 0.25) is 0 Å². The SMILES string of the molecule is CC(CC(c1ccccc1)C(C)(C)Cc1ccccc1)c1ccccc1. The van der Waals surface area contributed by atoms with Crippen molar-refractivity contribution in [1.82, 2.24) is 0 Å². The summed E-state index contributed by atoms with van der Waals surface area (Å²) in [6, 6.07) is 32.9. The topological polar surface area (TPSA) is 0 Å². The van der Waals surface area contributed by atoms with Crippen LogP contribution in [0, 0.1) is 5.41 Å². The zero-order chi connectivity index (χ0) is 18.4. The van der Waals surface area contributed by atoms with E-state index in [1.54, 1.807) is 0 Å². The number of rotatable bonds is 7. The molecule has 0 aliphatic heterocycles. The van der Waals surface area contributed by atoms with Crippen LogP contribution in [0.3, 0.4) is 0 Å². The highest BCUT2D eigenvalue weighted by Gasteiger charge is 2.32. The molecule has 0 heteroatoms. The maximum atomic E-state index is 2.43. The molecule has 0 amide bonds. The van der Waals surface area contributed by atoms with Gasteiger partial charge >= 0.3 is 0 Å². The van der Waals surface area contributed by atoms with Crippen LogP contribution < -0.4 is 0 Å². The molecule has 0 saturated carbocycles. The normalized spacial score (nSPS) is 14.0. The highest BCUT2D eigenvalue weighted by atomic mass is 14.4. The van der Waals surface area contributed by atoms with Crippen LogP contribution in [-0.4, -0.2) is 0 Å². The quantitative estimate of drug-likeness (QED) is 0.425. The highest BCUT2D eigenvalue weighted by molar-refractivity contribution is 5.26. The van der Waals surface area contributed by atoms with Crippen molar-refractivity contribution in [3.8, 4) is 0 Å². The predicted molar refractivity (Wildman–Crippen MR) is 113 cm³/mol. The summed E-state index contributed by atoms with van der Waals surface area (Å²) in [5.74, 6) is 1.05. The molecule has 2 unspecified atom stereocenters. The summed E-state index contributed by atoms with van der Waals surface area (Å²) in [7, 11) is 0. The summed E-state index contributed by atoms with van der Waals surface area (Å²) in [4.78, 5) is 0. The minimum Gasteiger partial charge on any atom is -0.0622 e. The lowest BCUT2D eigenvalue weighted by Crippen LogP contribution is -2.26. The average molecular weight is 343 g/mol. The molecule has 3 aromatic carbocycles. The molecule has 3 aromatic rings. The van der Waals surface area contributed by atoms with E-state index >= 15 is 0 Å². The highest BCUT2D eigenvalue weighted by Crippen LogP contribution is 2.44. The van der Waals surface area contributed by atoms with Gasteiger partial charge in [-0.05, 0) is 46.8 Å². The first-order valence-electron chi connectivity index (χ1n) is 9.70. The third-order valence-corrected chi connectivity index (χ3v) is 5.61. The van der Waals surface area contributed by atoms with E-state index in [4.69, 9.17) is 0 Å². The maximum Gasteiger partial charge on any atom is -0.0102 e. The van der Waals surface area contributed by atoms with Crippen LogP contribution in [0.2, 0.25) is 0 Å². The average Bonchev–Trinajstić information content (AvgIpc) is 2.67. The van der Waals surface area contributed by atoms with E-state index in [1.165, 1.54) is 16.7 Å². The van der Waals surface area contributed by atoms with Crippen molar-refractivity contribution in [1.29, 1.82) is 0 Å². The lowest BCUT2D eigenvalue weighted by molar-refractivity contribution is 0.259. The standard InChI is InChI=1S/C26H30/c1-21(23-15-9-5-10-16-23)19-25(24-17-11-6-12-18-24)26(2,3)20-22-13-7-4-8-14-22/h4-18,21,25H,19-20H2,1-3H3.